The van der Waals surface area contributed by atoms with Crippen LogP contribution in [0.1, 0.15) is 19.8 Å². The monoisotopic (exact) mass is 308 g/mol. The standard InChI is InChI=1S/C8H12F3IO/c1-5(7(12)13)3-4-6(2)8(9,10)11/h6-7,13H,1,3-4H2,2H3. The van der Waals surface area contributed by atoms with Crippen molar-refractivity contribution >= 4 is 22.6 Å². The van der Waals surface area contributed by atoms with Crippen molar-refractivity contribution in [1.29, 1.82) is 0 Å². The fourth-order valence-corrected chi connectivity index (χ4v) is 0.996. The molecule has 0 bridgehead atoms. The van der Waals surface area contributed by atoms with Gasteiger partial charge in [-0.25, -0.2) is 0 Å². The van der Waals surface area contributed by atoms with Gasteiger partial charge < -0.3 is 5.11 Å². The second-order valence-corrected chi connectivity index (χ2v) is 4.16. The first kappa shape index (κ1) is 13.2. The van der Waals surface area contributed by atoms with Crippen LogP contribution in [0.2, 0.25) is 0 Å². The summed E-state index contributed by atoms with van der Waals surface area (Å²) < 4.78 is 35.3. The molecule has 0 fully saturated rings. The molecule has 1 nitrogen and oxygen atoms in total. The van der Waals surface area contributed by atoms with Crippen molar-refractivity contribution in [3.8, 4) is 0 Å². The van der Waals surface area contributed by atoms with Gasteiger partial charge in [-0.15, -0.1) is 0 Å². The van der Waals surface area contributed by atoms with Gasteiger partial charge in [-0.2, -0.15) is 13.2 Å². The minimum absolute atomic E-state index is 0.0115. The van der Waals surface area contributed by atoms with Crippen molar-refractivity contribution in [3.05, 3.63) is 12.2 Å². The van der Waals surface area contributed by atoms with Gasteiger partial charge in [-0.1, -0.05) is 13.5 Å². The highest BCUT2D eigenvalue weighted by molar-refractivity contribution is 14.1. The summed E-state index contributed by atoms with van der Waals surface area (Å²) in [5.41, 5.74) is 0.441. The van der Waals surface area contributed by atoms with Crippen LogP contribution in [-0.4, -0.2) is 15.4 Å². The number of rotatable bonds is 4. The molecule has 0 radical (unpaired) electrons. The van der Waals surface area contributed by atoms with Gasteiger partial charge in [0, 0.05) is 0 Å². The number of aliphatic hydroxyl groups excluding tert-OH is 1. The number of hydrogen-bond donors (Lipinski definition) is 1. The molecular weight excluding hydrogens is 296 g/mol. The number of aliphatic hydroxyl groups is 1. The van der Waals surface area contributed by atoms with Crippen LogP contribution in [0, 0.1) is 5.92 Å². The Bertz CT molecular complexity index is 177. The van der Waals surface area contributed by atoms with E-state index < -0.39 is 16.2 Å². The van der Waals surface area contributed by atoms with E-state index in [0.717, 1.165) is 6.92 Å². The first-order valence-electron chi connectivity index (χ1n) is 3.81. The summed E-state index contributed by atoms with van der Waals surface area (Å²) in [5, 5.41) is 8.94. The van der Waals surface area contributed by atoms with E-state index in [9.17, 15) is 13.2 Å². The molecule has 0 amide bonds. The minimum Gasteiger partial charge on any atom is -0.378 e. The van der Waals surface area contributed by atoms with E-state index in [-0.39, 0.29) is 12.8 Å². The SMILES string of the molecule is C=C(CCC(C)C(F)(F)F)C(O)I. The molecule has 0 aromatic carbocycles. The summed E-state index contributed by atoms with van der Waals surface area (Å²) in [6.07, 6.45) is -3.94. The topological polar surface area (TPSA) is 20.2 Å². The molecule has 0 spiro atoms. The van der Waals surface area contributed by atoms with Crippen LogP contribution in [0.3, 0.4) is 0 Å². The maximum Gasteiger partial charge on any atom is 0.391 e. The average molecular weight is 308 g/mol. The smallest absolute Gasteiger partial charge is 0.378 e. The van der Waals surface area contributed by atoms with Gasteiger partial charge in [-0.05, 0) is 41.0 Å². The van der Waals surface area contributed by atoms with Crippen molar-refractivity contribution in [1.82, 2.24) is 0 Å². The van der Waals surface area contributed by atoms with Crippen molar-refractivity contribution in [2.75, 3.05) is 0 Å². The van der Waals surface area contributed by atoms with E-state index in [2.05, 4.69) is 6.58 Å². The van der Waals surface area contributed by atoms with Gasteiger partial charge in [0.15, 0.2) is 0 Å². The number of hydrogen-bond acceptors (Lipinski definition) is 1. The molecule has 78 valence electrons. The molecule has 13 heavy (non-hydrogen) atoms. The lowest BCUT2D eigenvalue weighted by Gasteiger charge is -2.16. The average Bonchev–Trinajstić information content (AvgIpc) is 1.97. The van der Waals surface area contributed by atoms with Crippen LogP contribution >= 0.6 is 22.6 Å². The second-order valence-electron chi connectivity index (χ2n) is 2.98. The van der Waals surface area contributed by atoms with Gasteiger partial charge in [0.25, 0.3) is 0 Å². The Labute approximate surface area is 89.2 Å². The summed E-state index contributed by atoms with van der Waals surface area (Å²) in [6, 6.07) is 0. The van der Waals surface area contributed by atoms with E-state index in [4.69, 9.17) is 5.11 Å². The van der Waals surface area contributed by atoms with Gasteiger partial charge in [0.2, 0.25) is 0 Å². The van der Waals surface area contributed by atoms with Crippen molar-refractivity contribution in [3.63, 3.8) is 0 Å². The molecule has 0 aliphatic heterocycles. The van der Waals surface area contributed by atoms with Gasteiger partial charge in [0.05, 0.1) is 5.92 Å². The zero-order valence-corrected chi connectivity index (χ0v) is 9.39. The third kappa shape index (κ3) is 5.51. The van der Waals surface area contributed by atoms with E-state index in [1.165, 1.54) is 0 Å². The highest BCUT2D eigenvalue weighted by Gasteiger charge is 2.35. The molecule has 0 saturated carbocycles. The van der Waals surface area contributed by atoms with Gasteiger partial charge >= 0.3 is 6.18 Å². The highest BCUT2D eigenvalue weighted by Crippen LogP contribution is 2.30. The molecule has 0 aromatic heterocycles. The molecule has 0 heterocycles. The van der Waals surface area contributed by atoms with Crippen LogP contribution in [-0.2, 0) is 0 Å². The normalized spacial score (nSPS) is 16.8. The summed E-state index contributed by atoms with van der Waals surface area (Å²) in [7, 11) is 0. The fraction of sp³-hybridized carbons (Fsp3) is 0.750. The van der Waals surface area contributed by atoms with E-state index in [1.54, 1.807) is 22.6 Å². The largest absolute Gasteiger partial charge is 0.391 e. The first-order chi connectivity index (χ1) is 5.75. The molecule has 0 aliphatic rings. The van der Waals surface area contributed by atoms with Crippen molar-refractivity contribution in [2.24, 2.45) is 5.92 Å². The number of halogens is 4. The zero-order valence-electron chi connectivity index (χ0n) is 7.24. The summed E-state index contributed by atoms with van der Waals surface area (Å²) in [6.45, 7) is 4.62. The molecule has 2 unspecified atom stereocenters. The Kier molecular flexibility index (Phi) is 5.28. The molecule has 0 rings (SSSR count). The van der Waals surface area contributed by atoms with Crippen LogP contribution in [0.5, 0.6) is 0 Å². The lowest BCUT2D eigenvalue weighted by molar-refractivity contribution is -0.171. The van der Waals surface area contributed by atoms with Crippen molar-refractivity contribution < 1.29 is 18.3 Å². The predicted molar refractivity (Wildman–Crippen MR) is 53.6 cm³/mol. The van der Waals surface area contributed by atoms with Gasteiger partial charge in [-0.3, -0.25) is 0 Å². The Balaban J connectivity index is 3.84. The molecule has 5 heteroatoms. The van der Waals surface area contributed by atoms with Crippen molar-refractivity contribution in [2.45, 2.75) is 30.1 Å². The van der Waals surface area contributed by atoms with E-state index in [1.807, 2.05) is 0 Å². The zero-order chi connectivity index (χ0) is 10.6. The molecule has 0 aliphatic carbocycles. The molecule has 1 N–H and O–H groups in total. The third-order valence-corrected chi connectivity index (χ3v) is 2.67. The Morgan fingerprint density at radius 3 is 2.31 bits per heavy atom. The lowest BCUT2D eigenvalue weighted by atomic mass is 10.0. The van der Waals surface area contributed by atoms with Crippen LogP contribution in [0.4, 0.5) is 13.2 Å². The quantitative estimate of drug-likeness (QED) is 0.480. The number of alkyl halides is 4. The van der Waals surface area contributed by atoms with E-state index in [0.29, 0.717) is 5.57 Å². The molecular formula is C8H12F3IO. The Morgan fingerprint density at radius 2 is 2.00 bits per heavy atom. The predicted octanol–water partition coefficient (Wildman–Crippen LogP) is 3.27. The third-order valence-electron chi connectivity index (χ3n) is 1.79. The second kappa shape index (κ2) is 5.19. The first-order valence-corrected chi connectivity index (χ1v) is 5.06. The lowest BCUT2D eigenvalue weighted by Crippen LogP contribution is -2.20. The van der Waals surface area contributed by atoms with Crippen LogP contribution in [0.25, 0.3) is 0 Å². The summed E-state index contributed by atoms with van der Waals surface area (Å²) in [4.78, 5) is 0. The van der Waals surface area contributed by atoms with Gasteiger partial charge in [0.1, 0.15) is 4.11 Å². The molecule has 0 saturated heterocycles. The summed E-state index contributed by atoms with van der Waals surface area (Å²) in [5.74, 6) is -1.33. The maximum atomic E-state index is 12.0. The maximum absolute atomic E-state index is 12.0. The Morgan fingerprint density at radius 1 is 1.54 bits per heavy atom. The molecule has 0 aromatic rings. The minimum atomic E-state index is -4.14. The van der Waals surface area contributed by atoms with Crippen LogP contribution in [0.15, 0.2) is 12.2 Å². The highest BCUT2D eigenvalue weighted by atomic mass is 127. The molecule has 2 atom stereocenters. The van der Waals surface area contributed by atoms with E-state index >= 15 is 0 Å². The Hall–Kier alpha value is 0.220. The fourth-order valence-electron chi connectivity index (χ4n) is 0.685. The van der Waals surface area contributed by atoms with Crippen LogP contribution < -0.4 is 0 Å². The summed E-state index contributed by atoms with van der Waals surface area (Å²) >= 11 is 1.71.